The molecule has 18 heteroatoms. The van der Waals surface area contributed by atoms with Crippen LogP contribution in [-0.4, -0.2) is 74.4 Å². The Morgan fingerprint density at radius 2 is 2.05 bits per heavy atom. The van der Waals surface area contributed by atoms with E-state index in [0.29, 0.717) is 12.0 Å². The summed E-state index contributed by atoms with van der Waals surface area (Å²) in [5, 5.41) is 20.3. The number of carbonyl (C=O) groups excluding carboxylic acids is 5. The number of aromatic nitrogens is 1. The van der Waals surface area contributed by atoms with Crippen LogP contribution in [0.15, 0.2) is 46.6 Å². The van der Waals surface area contributed by atoms with Gasteiger partial charge in [-0.25, -0.2) is 9.78 Å². The zero-order valence-electron chi connectivity index (χ0n) is 20.2. The summed E-state index contributed by atoms with van der Waals surface area (Å²) in [7, 11) is 0. The average Bonchev–Trinajstić information content (AvgIpc) is 3.40. The SMILES string of the molecule is NC(=O)CON=C(C(=O)NC1C(=O)N2C=C(C(=O)OCc3ccc([N+](=O)[O-])cc3)CS[C@H]12)c1csc(NC=O)n1. The summed E-state index contributed by atoms with van der Waals surface area (Å²) < 4.78 is 5.26. The topological polar surface area (TPSA) is 226 Å². The van der Waals surface area contributed by atoms with Crippen LogP contribution in [-0.2, 0) is 40.2 Å². The summed E-state index contributed by atoms with van der Waals surface area (Å²) >= 11 is 2.23. The molecule has 4 rings (SSSR count). The second-order valence-corrected chi connectivity index (χ2v) is 10.00. The molecule has 1 aromatic heterocycles. The number of non-ortho nitro benzene ring substituents is 1. The van der Waals surface area contributed by atoms with E-state index in [0.717, 1.165) is 11.3 Å². The van der Waals surface area contributed by atoms with E-state index in [1.807, 2.05) is 0 Å². The predicted molar refractivity (Wildman–Crippen MR) is 139 cm³/mol. The maximum Gasteiger partial charge on any atom is 0.336 e. The second-order valence-electron chi connectivity index (χ2n) is 8.03. The quantitative estimate of drug-likeness (QED) is 0.0737. The van der Waals surface area contributed by atoms with Crippen LogP contribution in [0.2, 0.25) is 0 Å². The standard InChI is InChI=1S/C22H19N7O9S2/c23-15(31)7-38-27-16(14-9-40-22(25-14)24-10-30)18(32)26-17-19(33)28-5-12(8-39-20(17)28)21(34)37-6-11-1-3-13(4-2-11)29(35)36/h1-5,9-10,17,20H,6-8H2,(H2,23,31)(H,26,32)(H,24,25,30)/t17?,20-/m1/s1. The van der Waals surface area contributed by atoms with Gasteiger partial charge in [0, 0.05) is 29.5 Å². The number of fused-ring (bicyclic) bond motifs is 1. The summed E-state index contributed by atoms with van der Waals surface area (Å²) in [4.78, 5) is 80.3. The van der Waals surface area contributed by atoms with E-state index >= 15 is 0 Å². The number of benzene rings is 1. The minimum absolute atomic E-state index is 0.0224. The van der Waals surface area contributed by atoms with Crippen molar-refractivity contribution in [1.82, 2.24) is 15.2 Å². The lowest BCUT2D eigenvalue weighted by molar-refractivity contribution is -0.384. The molecule has 0 spiro atoms. The molecular weight excluding hydrogens is 570 g/mol. The van der Waals surface area contributed by atoms with E-state index in [9.17, 15) is 34.1 Å². The zero-order valence-corrected chi connectivity index (χ0v) is 21.8. The first-order chi connectivity index (χ1) is 19.2. The van der Waals surface area contributed by atoms with E-state index in [4.69, 9.17) is 15.3 Å². The lowest BCUT2D eigenvalue weighted by Crippen LogP contribution is -2.69. The van der Waals surface area contributed by atoms with Gasteiger partial charge in [0.25, 0.3) is 23.4 Å². The maximum absolute atomic E-state index is 13.0. The number of nitrogens with two attached hydrogens (primary N) is 1. The second kappa shape index (κ2) is 12.3. The predicted octanol–water partition coefficient (Wildman–Crippen LogP) is -0.147. The van der Waals surface area contributed by atoms with Crippen molar-refractivity contribution in [1.29, 1.82) is 0 Å². The third-order valence-electron chi connectivity index (χ3n) is 5.36. The van der Waals surface area contributed by atoms with Gasteiger partial charge in [-0.15, -0.1) is 23.1 Å². The molecule has 1 aromatic carbocycles. The van der Waals surface area contributed by atoms with Gasteiger partial charge in [-0.2, -0.15) is 0 Å². The number of thioether (sulfide) groups is 1. The molecule has 2 aliphatic rings. The van der Waals surface area contributed by atoms with Crippen molar-refractivity contribution in [3.8, 4) is 0 Å². The molecule has 2 aromatic rings. The molecule has 4 N–H and O–H groups in total. The van der Waals surface area contributed by atoms with Crippen molar-refractivity contribution >= 4 is 69.7 Å². The molecule has 1 unspecified atom stereocenters. The van der Waals surface area contributed by atoms with Crippen LogP contribution in [0.4, 0.5) is 10.8 Å². The molecule has 2 atom stereocenters. The number of hydrogen-bond donors (Lipinski definition) is 3. The van der Waals surface area contributed by atoms with E-state index in [1.54, 1.807) is 0 Å². The number of amides is 4. The van der Waals surface area contributed by atoms with Gasteiger partial charge in [0.05, 0.1) is 10.5 Å². The zero-order chi connectivity index (χ0) is 28.8. The van der Waals surface area contributed by atoms with E-state index < -0.39 is 46.6 Å². The minimum Gasteiger partial charge on any atom is -0.457 e. The van der Waals surface area contributed by atoms with Gasteiger partial charge in [0.2, 0.25) is 6.41 Å². The number of hydrogen-bond acceptors (Lipinski definition) is 13. The number of nitrogens with zero attached hydrogens (tertiary/aromatic N) is 4. The van der Waals surface area contributed by atoms with Crippen LogP contribution < -0.4 is 16.4 Å². The first-order valence-corrected chi connectivity index (χ1v) is 13.1. The highest BCUT2D eigenvalue weighted by Crippen LogP contribution is 2.36. The number of rotatable bonds is 12. The van der Waals surface area contributed by atoms with Crippen molar-refractivity contribution in [2.45, 2.75) is 18.0 Å². The fraction of sp³-hybridized carbons (Fsp3) is 0.227. The van der Waals surface area contributed by atoms with Crippen LogP contribution in [0.5, 0.6) is 0 Å². The van der Waals surface area contributed by atoms with Gasteiger partial charge in [-0.05, 0) is 17.7 Å². The van der Waals surface area contributed by atoms with Gasteiger partial charge in [-0.1, -0.05) is 5.16 Å². The van der Waals surface area contributed by atoms with Gasteiger partial charge in [0.1, 0.15) is 23.7 Å². The number of nitrogens with one attached hydrogen (secondary N) is 2. The number of ether oxygens (including phenoxy) is 1. The lowest BCUT2D eigenvalue weighted by Gasteiger charge is -2.47. The summed E-state index contributed by atoms with van der Waals surface area (Å²) in [5.74, 6) is -2.63. The Labute approximate surface area is 232 Å². The summed E-state index contributed by atoms with van der Waals surface area (Å²) in [6.45, 7) is -0.724. The number of nitro groups is 1. The summed E-state index contributed by atoms with van der Waals surface area (Å²) in [5.41, 5.74) is 5.38. The fourth-order valence-electron chi connectivity index (χ4n) is 3.45. The third kappa shape index (κ3) is 6.41. The Bertz CT molecular complexity index is 1420. The number of oxime groups is 1. The van der Waals surface area contributed by atoms with E-state index in [1.165, 1.54) is 52.5 Å². The number of β-lactam (4-membered cyclic amide) rings is 1. The number of primary amides is 1. The van der Waals surface area contributed by atoms with Crippen LogP contribution in [0.1, 0.15) is 11.3 Å². The Balaban J connectivity index is 1.37. The highest BCUT2D eigenvalue weighted by atomic mass is 32.2. The first kappa shape index (κ1) is 28.2. The van der Waals surface area contributed by atoms with Gasteiger partial charge in [-0.3, -0.25) is 29.3 Å². The van der Waals surface area contributed by atoms with Crippen LogP contribution in [0, 0.1) is 10.1 Å². The van der Waals surface area contributed by atoms with Gasteiger partial charge in [0.15, 0.2) is 17.5 Å². The fourth-order valence-corrected chi connectivity index (χ4v) is 5.35. The molecule has 16 nitrogen and oxygen atoms in total. The largest absolute Gasteiger partial charge is 0.457 e. The monoisotopic (exact) mass is 589 g/mol. The molecule has 2 aliphatic heterocycles. The molecule has 3 heterocycles. The Hall–Kier alpha value is -4.84. The minimum atomic E-state index is -0.959. The Morgan fingerprint density at radius 1 is 1.30 bits per heavy atom. The van der Waals surface area contributed by atoms with Gasteiger partial charge >= 0.3 is 5.97 Å². The molecule has 0 aliphatic carbocycles. The number of nitro benzene ring substituents is 1. The number of anilines is 1. The third-order valence-corrected chi connectivity index (χ3v) is 7.45. The first-order valence-electron chi connectivity index (χ1n) is 11.2. The van der Waals surface area contributed by atoms with Crippen molar-refractivity contribution in [2.24, 2.45) is 10.9 Å². The van der Waals surface area contributed by atoms with Crippen LogP contribution in [0.3, 0.4) is 0 Å². The summed E-state index contributed by atoms with van der Waals surface area (Å²) in [6.07, 6.45) is 1.76. The van der Waals surface area contributed by atoms with Crippen LogP contribution >= 0.6 is 23.1 Å². The molecule has 40 heavy (non-hydrogen) atoms. The van der Waals surface area contributed by atoms with E-state index in [-0.39, 0.29) is 40.2 Å². The molecule has 0 radical (unpaired) electrons. The molecule has 1 saturated heterocycles. The summed E-state index contributed by atoms with van der Waals surface area (Å²) in [6, 6.07) is 4.58. The molecule has 208 valence electrons. The average molecular weight is 590 g/mol. The number of thiazole rings is 1. The smallest absolute Gasteiger partial charge is 0.336 e. The van der Waals surface area contributed by atoms with Gasteiger partial charge < -0.3 is 30.8 Å². The highest BCUT2D eigenvalue weighted by molar-refractivity contribution is 8.00. The number of carbonyl (C=O) groups is 5. The molecule has 1 fully saturated rings. The molecule has 0 bridgehead atoms. The highest BCUT2D eigenvalue weighted by Gasteiger charge is 2.50. The van der Waals surface area contributed by atoms with Crippen molar-refractivity contribution in [3.63, 3.8) is 0 Å². The van der Waals surface area contributed by atoms with E-state index in [2.05, 4.69) is 20.8 Å². The molecular formula is C22H19N7O9S2. The Kier molecular flexibility index (Phi) is 8.70. The van der Waals surface area contributed by atoms with Crippen molar-refractivity contribution < 1.29 is 38.5 Å². The lowest BCUT2D eigenvalue weighted by atomic mass is 10.1. The molecule has 0 saturated carbocycles. The Morgan fingerprint density at radius 3 is 2.73 bits per heavy atom. The number of esters is 1. The van der Waals surface area contributed by atoms with Crippen molar-refractivity contribution in [2.75, 3.05) is 17.7 Å². The molecule has 4 amide bonds. The van der Waals surface area contributed by atoms with Crippen LogP contribution in [0.25, 0.3) is 0 Å². The maximum atomic E-state index is 13.0. The normalized spacial score (nSPS) is 18.0. The van der Waals surface area contributed by atoms with Crippen molar-refractivity contribution in [3.05, 3.63) is 62.8 Å².